The highest BCUT2D eigenvalue weighted by Crippen LogP contribution is 2.32. The highest BCUT2D eigenvalue weighted by molar-refractivity contribution is 6.21. The van der Waals surface area contributed by atoms with Crippen LogP contribution in [-0.4, -0.2) is 0 Å². The first kappa shape index (κ1) is 15.1. The van der Waals surface area contributed by atoms with Gasteiger partial charge in [-0.1, -0.05) is 41.5 Å². The lowest BCUT2D eigenvalue weighted by Crippen LogP contribution is -2.03. The number of halogens is 1. The van der Waals surface area contributed by atoms with Crippen LogP contribution in [-0.2, 0) is 6.42 Å². The van der Waals surface area contributed by atoms with E-state index in [1.165, 1.54) is 38.9 Å². The van der Waals surface area contributed by atoms with E-state index in [2.05, 4.69) is 65.0 Å². The van der Waals surface area contributed by atoms with Gasteiger partial charge in [0.1, 0.15) is 0 Å². The van der Waals surface area contributed by atoms with E-state index < -0.39 is 0 Å². The quantitative estimate of drug-likeness (QED) is 0.630. The third kappa shape index (κ3) is 3.24. The van der Waals surface area contributed by atoms with Crippen molar-refractivity contribution < 1.29 is 0 Å². The van der Waals surface area contributed by atoms with E-state index in [1.807, 2.05) is 0 Å². The van der Waals surface area contributed by atoms with Crippen LogP contribution in [0.3, 0.4) is 0 Å². The Morgan fingerprint density at radius 1 is 0.800 bits per heavy atom. The zero-order chi connectivity index (χ0) is 14.9. The lowest BCUT2D eigenvalue weighted by atomic mass is 9.92. The van der Waals surface area contributed by atoms with Crippen LogP contribution in [0.15, 0.2) is 30.3 Å². The minimum absolute atomic E-state index is 0.0381. The molecule has 0 aliphatic heterocycles. The molecule has 1 heteroatoms. The Labute approximate surface area is 127 Å². The van der Waals surface area contributed by atoms with Gasteiger partial charge in [-0.25, -0.2) is 0 Å². The number of hydrogen-bond acceptors (Lipinski definition) is 0. The SMILES string of the molecule is Cc1cc(C)c(C(Cl)Cc2cc(C)ccc2C)c(C)c1. The summed E-state index contributed by atoms with van der Waals surface area (Å²) in [6.45, 7) is 10.8. The molecule has 0 fully saturated rings. The summed E-state index contributed by atoms with van der Waals surface area (Å²) >= 11 is 6.73. The molecule has 106 valence electrons. The smallest absolute Gasteiger partial charge is 0.0630 e. The second-order valence-electron chi connectivity index (χ2n) is 5.91. The van der Waals surface area contributed by atoms with Gasteiger partial charge in [0.25, 0.3) is 0 Å². The third-order valence-electron chi connectivity index (χ3n) is 3.96. The predicted molar refractivity (Wildman–Crippen MR) is 88.9 cm³/mol. The first-order valence-electron chi connectivity index (χ1n) is 7.16. The van der Waals surface area contributed by atoms with Crippen LogP contribution >= 0.6 is 11.6 Å². The number of rotatable bonds is 3. The van der Waals surface area contributed by atoms with Gasteiger partial charge in [-0.15, -0.1) is 11.6 Å². The molecule has 0 aromatic heterocycles. The van der Waals surface area contributed by atoms with Crippen molar-refractivity contribution in [3.8, 4) is 0 Å². The number of hydrogen-bond donors (Lipinski definition) is 0. The maximum absolute atomic E-state index is 6.73. The molecule has 2 aromatic carbocycles. The lowest BCUT2D eigenvalue weighted by Gasteiger charge is -2.18. The molecule has 0 saturated carbocycles. The molecule has 0 aliphatic carbocycles. The summed E-state index contributed by atoms with van der Waals surface area (Å²) in [4.78, 5) is 0. The van der Waals surface area contributed by atoms with Crippen LogP contribution < -0.4 is 0 Å². The summed E-state index contributed by atoms with van der Waals surface area (Å²) in [5.41, 5.74) is 9.16. The van der Waals surface area contributed by atoms with Gasteiger partial charge < -0.3 is 0 Å². The summed E-state index contributed by atoms with van der Waals surface area (Å²) in [5.74, 6) is 0. The van der Waals surface area contributed by atoms with Crippen LogP contribution in [0.2, 0.25) is 0 Å². The van der Waals surface area contributed by atoms with Gasteiger partial charge in [-0.05, 0) is 68.9 Å². The van der Waals surface area contributed by atoms with Gasteiger partial charge in [0.2, 0.25) is 0 Å². The van der Waals surface area contributed by atoms with Crippen molar-refractivity contribution in [3.63, 3.8) is 0 Å². The van der Waals surface area contributed by atoms with Gasteiger partial charge in [0.15, 0.2) is 0 Å². The molecule has 1 unspecified atom stereocenters. The summed E-state index contributed by atoms with van der Waals surface area (Å²) < 4.78 is 0. The second kappa shape index (κ2) is 6.01. The molecule has 2 rings (SSSR count). The van der Waals surface area contributed by atoms with Crippen molar-refractivity contribution in [1.82, 2.24) is 0 Å². The minimum atomic E-state index is 0.0381. The molecule has 0 saturated heterocycles. The highest BCUT2D eigenvalue weighted by atomic mass is 35.5. The zero-order valence-corrected chi connectivity index (χ0v) is 13.8. The first-order chi connectivity index (χ1) is 9.38. The lowest BCUT2D eigenvalue weighted by molar-refractivity contribution is 0.889. The van der Waals surface area contributed by atoms with E-state index in [9.17, 15) is 0 Å². The fourth-order valence-electron chi connectivity index (χ4n) is 3.00. The Hall–Kier alpha value is -1.27. The summed E-state index contributed by atoms with van der Waals surface area (Å²) in [5, 5.41) is 0.0381. The standard InChI is InChI=1S/C19H23Cl/c1-12-6-7-14(3)17(10-12)11-18(20)19-15(4)8-13(2)9-16(19)5/h6-10,18H,11H2,1-5H3. The van der Waals surface area contributed by atoms with E-state index in [-0.39, 0.29) is 5.38 Å². The van der Waals surface area contributed by atoms with Gasteiger partial charge >= 0.3 is 0 Å². The van der Waals surface area contributed by atoms with Gasteiger partial charge in [-0.2, -0.15) is 0 Å². The Balaban J connectivity index is 2.33. The van der Waals surface area contributed by atoms with E-state index in [0.29, 0.717) is 0 Å². The fraction of sp³-hybridized carbons (Fsp3) is 0.368. The number of aryl methyl sites for hydroxylation is 5. The van der Waals surface area contributed by atoms with E-state index in [1.54, 1.807) is 0 Å². The Bertz CT molecular complexity index is 603. The molecule has 0 N–H and O–H groups in total. The summed E-state index contributed by atoms with van der Waals surface area (Å²) in [6.07, 6.45) is 0.889. The van der Waals surface area contributed by atoms with Crippen LogP contribution in [0.5, 0.6) is 0 Å². The Morgan fingerprint density at radius 2 is 1.40 bits per heavy atom. The Kier molecular flexibility index (Phi) is 4.55. The molecule has 1 atom stereocenters. The number of alkyl halides is 1. The monoisotopic (exact) mass is 286 g/mol. The summed E-state index contributed by atoms with van der Waals surface area (Å²) in [6, 6.07) is 11.0. The van der Waals surface area contributed by atoms with E-state index >= 15 is 0 Å². The van der Waals surface area contributed by atoms with Crippen LogP contribution in [0.4, 0.5) is 0 Å². The first-order valence-corrected chi connectivity index (χ1v) is 7.60. The van der Waals surface area contributed by atoms with Crippen LogP contribution in [0, 0.1) is 34.6 Å². The van der Waals surface area contributed by atoms with Gasteiger partial charge in [0, 0.05) is 0 Å². The van der Waals surface area contributed by atoms with Crippen molar-refractivity contribution in [1.29, 1.82) is 0 Å². The van der Waals surface area contributed by atoms with Crippen molar-refractivity contribution in [3.05, 3.63) is 69.3 Å². The molecule has 0 radical (unpaired) electrons. The van der Waals surface area contributed by atoms with Crippen molar-refractivity contribution in [2.45, 2.75) is 46.4 Å². The molecule has 0 bridgehead atoms. The molecule has 0 aliphatic rings. The normalized spacial score (nSPS) is 12.5. The van der Waals surface area contributed by atoms with E-state index in [0.717, 1.165) is 6.42 Å². The predicted octanol–water partition coefficient (Wildman–Crippen LogP) is 5.75. The molecule has 0 nitrogen and oxygen atoms in total. The largest absolute Gasteiger partial charge is 0.117 e. The molecule has 2 aromatic rings. The molecule has 20 heavy (non-hydrogen) atoms. The second-order valence-corrected chi connectivity index (χ2v) is 6.44. The fourth-order valence-corrected chi connectivity index (χ4v) is 3.51. The van der Waals surface area contributed by atoms with Crippen molar-refractivity contribution >= 4 is 11.6 Å². The molecule has 0 heterocycles. The molecule has 0 amide bonds. The van der Waals surface area contributed by atoms with Crippen molar-refractivity contribution in [2.75, 3.05) is 0 Å². The molecule has 0 spiro atoms. The van der Waals surface area contributed by atoms with Gasteiger partial charge in [0.05, 0.1) is 5.38 Å². The minimum Gasteiger partial charge on any atom is -0.117 e. The summed E-state index contributed by atoms with van der Waals surface area (Å²) in [7, 11) is 0. The molecular formula is C19H23Cl. The van der Waals surface area contributed by atoms with Gasteiger partial charge in [-0.3, -0.25) is 0 Å². The average Bonchev–Trinajstić information content (AvgIpc) is 2.32. The topological polar surface area (TPSA) is 0 Å². The average molecular weight is 287 g/mol. The maximum Gasteiger partial charge on any atom is 0.0630 e. The van der Waals surface area contributed by atoms with Crippen LogP contribution in [0.1, 0.15) is 44.3 Å². The van der Waals surface area contributed by atoms with Crippen molar-refractivity contribution in [2.24, 2.45) is 0 Å². The third-order valence-corrected chi connectivity index (χ3v) is 4.33. The van der Waals surface area contributed by atoms with Crippen LogP contribution in [0.25, 0.3) is 0 Å². The van der Waals surface area contributed by atoms with E-state index in [4.69, 9.17) is 11.6 Å². The Morgan fingerprint density at radius 3 is 2.00 bits per heavy atom. The zero-order valence-electron chi connectivity index (χ0n) is 13.0. The highest BCUT2D eigenvalue weighted by Gasteiger charge is 2.15. The number of benzene rings is 2. The maximum atomic E-state index is 6.73. The molecular weight excluding hydrogens is 264 g/mol.